The standard InChI is InChI=1S/C12H19N3O2S/c1-2-9(7-16-4-1)12-14-11(17-15-12)6-10-8-18-5-3-13-10/h9-10,13H,1-8H2. The molecule has 1 aromatic rings. The smallest absolute Gasteiger partial charge is 0.228 e. The lowest BCUT2D eigenvalue weighted by atomic mass is 10.0. The average molecular weight is 269 g/mol. The molecule has 100 valence electrons. The molecule has 18 heavy (non-hydrogen) atoms. The molecule has 0 radical (unpaired) electrons. The SMILES string of the molecule is C1COCC(c2noc(CC3CSCCN3)n2)C1. The maximum absolute atomic E-state index is 5.46. The van der Waals surface area contributed by atoms with Crippen molar-refractivity contribution < 1.29 is 9.26 Å². The van der Waals surface area contributed by atoms with Gasteiger partial charge >= 0.3 is 0 Å². The van der Waals surface area contributed by atoms with Crippen molar-refractivity contribution in [1.29, 1.82) is 0 Å². The molecule has 2 aliphatic heterocycles. The van der Waals surface area contributed by atoms with Crippen molar-refractivity contribution >= 4 is 11.8 Å². The summed E-state index contributed by atoms with van der Waals surface area (Å²) in [6.45, 7) is 2.67. The van der Waals surface area contributed by atoms with Crippen LogP contribution in [0.3, 0.4) is 0 Å². The Bertz CT molecular complexity index is 373. The molecule has 3 heterocycles. The Morgan fingerprint density at radius 3 is 3.22 bits per heavy atom. The van der Waals surface area contributed by atoms with E-state index in [2.05, 4.69) is 15.5 Å². The Morgan fingerprint density at radius 2 is 2.44 bits per heavy atom. The largest absolute Gasteiger partial charge is 0.381 e. The predicted octanol–water partition coefficient (Wildman–Crippen LogP) is 1.21. The lowest BCUT2D eigenvalue weighted by molar-refractivity contribution is 0.0773. The molecule has 0 aliphatic carbocycles. The van der Waals surface area contributed by atoms with E-state index >= 15 is 0 Å². The van der Waals surface area contributed by atoms with Crippen LogP contribution < -0.4 is 5.32 Å². The summed E-state index contributed by atoms with van der Waals surface area (Å²) in [5.41, 5.74) is 0. The van der Waals surface area contributed by atoms with E-state index in [0.29, 0.717) is 12.0 Å². The number of ether oxygens (including phenoxy) is 1. The fourth-order valence-corrected chi connectivity index (χ4v) is 3.37. The molecule has 0 spiro atoms. The third-order valence-corrected chi connectivity index (χ3v) is 4.56. The van der Waals surface area contributed by atoms with Crippen LogP contribution in [-0.4, -0.2) is 47.4 Å². The highest BCUT2D eigenvalue weighted by molar-refractivity contribution is 7.99. The van der Waals surface area contributed by atoms with Crippen molar-refractivity contribution in [3.8, 4) is 0 Å². The van der Waals surface area contributed by atoms with E-state index in [9.17, 15) is 0 Å². The maximum Gasteiger partial charge on any atom is 0.228 e. The Hall–Kier alpha value is -0.590. The topological polar surface area (TPSA) is 60.2 Å². The van der Waals surface area contributed by atoms with Gasteiger partial charge in [0.05, 0.1) is 6.61 Å². The molecule has 2 atom stereocenters. The van der Waals surface area contributed by atoms with Gasteiger partial charge in [0.25, 0.3) is 0 Å². The van der Waals surface area contributed by atoms with Gasteiger partial charge in [-0.05, 0) is 12.8 Å². The van der Waals surface area contributed by atoms with Gasteiger partial charge in [-0.25, -0.2) is 0 Å². The predicted molar refractivity (Wildman–Crippen MR) is 69.9 cm³/mol. The van der Waals surface area contributed by atoms with Crippen LogP contribution in [0.4, 0.5) is 0 Å². The van der Waals surface area contributed by atoms with Gasteiger partial charge in [-0.1, -0.05) is 5.16 Å². The third-order valence-electron chi connectivity index (χ3n) is 3.43. The first-order chi connectivity index (χ1) is 8.92. The van der Waals surface area contributed by atoms with Crippen LogP contribution in [0.5, 0.6) is 0 Å². The van der Waals surface area contributed by atoms with E-state index in [1.807, 2.05) is 11.8 Å². The normalized spacial score (nSPS) is 29.3. The third kappa shape index (κ3) is 3.05. The Balaban J connectivity index is 1.58. The average Bonchev–Trinajstić information content (AvgIpc) is 2.89. The molecule has 2 fully saturated rings. The molecular weight excluding hydrogens is 250 g/mol. The summed E-state index contributed by atoms with van der Waals surface area (Å²) in [6, 6.07) is 0.472. The minimum absolute atomic E-state index is 0.324. The molecule has 0 amide bonds. The molecule has 2 saturated heterocycles. The molecule has 1 aromatic heterocycles. The number of hydrogen-bond acceptors (Lipinski definition) is 6. The highest BCUT2D eigenvalue weighted by Gasteiger charge is 2.23. The minimum atomic E-state index is 0.324. The number of nitrogens with one attached hydrogen (secondary N) is 1. The summed E-state index contributed by atoms with van der Waals surface area (Å²) in [5.74, 6) is 4.24. The summed E-state index contributed by atoms with van der Waals surface area (Å²) in [5, 5.41) is 7.59. The lowest BCUT2D eigenvalue weighted by Crippen LogP contribution is -2.38. The van der Waals surface area contributed by atoms with E-state index in [0.717, 1.165) is 56.5 Å². The van der Waals surface area contributed by atoms with Crippen molar-refractivity contribution in [2.24, 2.45) is 0 Å². The zero-order valence-corrected chi connectivity index (χ0v) is 11.2. The first-order valence-corrected chi connectivity index (χ1v) is 7.78. The van der Waals surface area contributed by atoms with Gasteiger partial charge in [0.2, 0.25) is 5.89 Å². The van der Waals surface area contributed by atoms with E-state index in [-0.39, 0.29) is 0 Å². The zero-order chi connectivity index (χ0) is 12.2. The van der Waals surface area contributed by atoms with E-state index in [1.54, 1.807) is 0 Å². The van der Waals surface area contributed by atoms with Crippen molar-refractivity contribution in [2.45, 2.75) is 31.2 Å². The maximum atomic E-state index is 5.46. The first-order valence-electron chi connectivity index (χ1n) is 6.63. The Morgan fingerprint density at radius 1 is 1.44 bits per heavy atom. The van der Waals surface area contributed by atoms with E-state index < -0.39 is 0 Å². The monoisotopic (exact) mass is 269 g/mol. The number of hydrogen-bond donors (Lipinski definition) is 1. The molecule has 0 aromatic carbocycles. The molecule has 5 nitrogen and oxygen atoms in total. The fraction of sp³-hybridized carbons (Fsp3) is 0.833. The summed E-state index contributed by atoms with van der Waals surface area (Å²) < 4.78 is 10.8. The molecule has 2 unspecified atom stereocenters. The van der Waals surface area contributed by atoms with Crippen LogP contribution in [-0.2, 0) is 11.2 Å². The molecule has 2 aliphatic rings. The van der Waals surface area contributed by atoms with Gasteiger partial charge in [-0.2, -0.15) is 16.7 Å². The Kier molecular flexibility index (Phi) is 4.17. The van der Waals surface area contributed by atoms with Gasteiger partial charge in [0.1, 0.15) is 0 Å². The van der Waals surface area contributed by atoms with Gasteiger partial charge < -0.3 is 14.6 Å². The second-order valence-corrected chi connectivity index (χ2v) is 6.04. The highest BCUT2D eigenvalue weighted by Crippen LogP contribution is 2.23. The van der Waals surface area contributed by atoms with Crippen LogP contribution >= 0.6 is 11.8 Å². The summed E-state index contributed by atoms with van der Waals surface area (Å²) in [4.78, 5) is 4.52. The Labute approximate surface area is 111 Å². The number of rotatable bonds is 3. The number of thioether (sulfide) groups is 1. The van der Waals surface area contributed by atoms with Crippen LogP contribution in [0, 0.1) is 0 Å². The van der Waals surface area contributed by atoms with Crippen LogP contribution in [0.25, 0.3) is 0 Å². The number of nitrogens with zero attached hydrogens (tertiary/aromatic N) is 2. The van der Waals surface area contributed by atoms with Crippen LogP contribution in [0.15, 0.2) is 4.52 Å². The molecule has 0 bridgehead atoms. The first kappa shape index (κ1) is 12.4. The molecule has 6 heteroatoms. The quantitative estimate of drug-likeness (QED) is 0.890. The summed E-state index contributed by atoms with van der Waals surface area (Å²) in [6.07, 6.45) is 3.04. The van der Waals surface area contributed by atoms with Crippen LogP contribution in [0.2, 0.25) is 0 Å². The van der Waals surface area contributed by atoms with Crippen LogP contribution in [0.1, 0.15) is 30.5 Å². The van der Waals surface area contributed by atoms with Crippen molar-refractivity contribution in [3.63, 3.8) is 0 Å². The van der Waals surface area contributed by atoms with Gasteiger partial charge in [0, 0.05) is 43.0 Å². The molecule has 1 N–H and O–H groups in total. The fourth-order valence-electron chi connectivity index (χ4n) is 2.42. The second kappa shape index (κ2) is 6.04. The van der Waals surface area contributed by atoms with Crippen molar-refractivity contribution in [2.75, 3.05) is 31.3 Å². The summed E-state index contributed by atoms with van der Waals surface area (Å²) >= 11 is 1.98. The minimum Gasteiger partial charge on any atom is -0.381 e. The van der Waals surface area contributed by atoms with Gasteiger partial charge in [-0.3, -0.25) is 0 Å². The van der Waals surface area contributed by atoms with E-state index in [4.69, 9.17) is 9.26 Å². The number of aromatic nitrogens is 2. The van der Waals surface area contributed by atoms with E-state index in [1.165, 1.54) is 5.75 Å². The zero-order valence-electron chi connectivity index (χ0n) is 10.4. The van der Waals surface area contributed by atoms with Gasteiger partial charge in [0.15, 0.2) is 5.82 Å². The molecular formula is C12H19N3O2S. The molecule has 0 saturated carbocycles. The lowest BCUT2D eigenvalue weighted by Gasteiger charge is -2.21. The van der Waals surface area contributed by atoms with Crippen molar-refractivity contribution in [3.05, 3.63) is 11.7 Å². The van der Waals surface area contributed by atoms with Gasteiger partial charge in [-0.15, -0.1) is 0 Å². The highest BCUT2D eigenvalue weighted by atomic mass is 32.2. The van der Waals surface area contributed by atoms with Crippen molar-refractivity contribution in [1.82, 2.24) is 15.5 Å². The second-order valence-electron chi connectivity index (χ2n) is 4.89. The molecule has 3 rings (SSSR count). The summed E-state index contributed by atoms with van der Waals surface area (Å²) in [7, 11) is 0.